The Morgan fingerprint density at radius 1 is 1.05 bits per heavy atom. The fraction of sp³-hybridized carbons (Fsp3) is 0.464. The summed E-state index contributed by atoms with van der Waals surface area (Å²) in [6.07, 6.45) is 7.47. The zero-order chi connectivity index (χ0) is 25.5. The maximum atomic E-state index is 13.4. The molecule has 3 N–H and O–H groups in total. The highest BCUT2D eigenvalue weighted by molar-refractivity contribution is 6.10. The van der Waals surface area contributed by atoms with Gasteiger partial charge in [0, 0.05) is 36.5 Å². The van der Waals surface area contributed by atoms with Crippen LogP contribution in [-0.4, -0.2) is 47.3 Å². The van der Waals surface area contributed by atoms with Gasteiger partial charge in [0.15, 0.2) is 11.5 Å². The van der Waals surface area contributed by atoms with Crippen molar-refractivity contribution in [3.05, 3.63) is 35.7 Å². The van der Waals surface area contributed by atoms with Crippen molar-refractivity contribution in [2.45, 2.75) is 64.5 Å². The Balaban J connectivity index is 1.30. The van der Waals surface area contributed by atoms with Gasteiger partial charge in [-0.15, -0.1) is 0 Å². The highest BCUT2D eigenvalue weighted by Crippen LogP contribution is 2.49. The summed E-state index contributed by atoms with van der Waals surface area (Å²) in [5, 5.41) is 6.18. The molecule has 1 aromatic carbocycles. The van der Waals surface area contributed by atoms with Crippen molar-refractivity contribution in [3.63, 3.8) is 0 Å². The van der Waals surface area contributed by atoms with Gasteiger partial charge >= 0.3 is 0 Å². The number of nitrogens with one attached hydrogen (secondary N) is 3. The number of amides is 2. The van der Waals surface area contributed by atoms with Crippen molar-refractivity contribution in [1.82, 2.24) is 20.6 Å². The van der Waals surface area contributed by atoms with E-state index in [0.29, 0.717) is 35.1 Å². The van der Waals surface area contributed by atoms with Crippen LogP contribution in [0, 0.1) is 12.8 Å². The lowest BCUT2D eigenvalue weighted by Gasteiger charge is -2.29. The summed E-state index contributed by atoms with van der Waals surface area (Å²) in [5.41, 5.74) is 4.35. The number of aromatic nitrogens is 2. The van der Waals surface area contributed by atoms with E-state index in [2.05, 4.69) is 20.6 Å². The number of aryl methyl sites for hydroxylation is 1. The summed E-state index contributed by atoms with van der Waals surface area (Å²) in [6, 6.07) is 5.98. The van der Waals surface area contributed by atoms with Gasteiger partial charge in [-0.2, -0.15) is 0 Å². The predicted octanol–water partition coefficient (Wildman–Crippen LogP) is 4.23. The molecule has 6 rings (SSSR count). The zero-order valence-corrected chi connectivity index (χ0v) is 21.2. The molecule has 2 aromatic heterocycles. The molecule has 2 aliphatic carbocycles. The second kappa shape index (κ2) is 9.61. The molecule has 9 nitrogen and oxygen atoms in total. The van der Waals surface area contributed by atoms with Crippen LogP contribution >= 0.6 is 0 Å². The van der Waals surface area contributed by atoms with E-state index in [9.17, 15) is 9.59 Å². The predicted molar refractivity (Wildman–Crippen MR) is 138 cm³/mol. The van der Waals surface area contributed by atoms with Gasteiger partial charge in [0.1, 0.15) is 11.3 Å². The summed E-state index contributed by atoms with van der Waals surface area (Å²) < 4.78 is 17.8. The van der Waals surface area contributed by atoms with Crippen molar-refractivity contribution in [1.29, 1.82) is 0 Å². The molecule has 0 unspecified atom stereocenters. The summed E-state index contributed by atoms with van der Waals surface area (Å²) >= 11 is 0. The number of nitrogens with zero attached hydrogens (tertiary/aromatic N) is 1. The van der Waals surface area contributed by atoms with Gasteiger partial charge < -0.3 is 29.8 Å². The van der Waals surface area contributed by atoms with Gasteiger partial charge in [0.05, 0.1) is 23.3 Å². The van der Waals surface area contributed by atoms with Crippen molar-refractivity contribution < 1.29 is 23.8 Å². The summed E-state index contributed by atoms with van der Waals surface area (Å²) in [5.74, 6) is 2.51. The first-order chi connectivity index (χ1) is 18.0. The van der Waals surface area contributed by atoms with Gasteiger partial charge in [0.25, 0.3) is 5.91 Å². The minimum absolute atomic E-state index is 0.00843. The molecule has 3 aromatic rings. The Bertz CT molecular complexity index is 1350. The molecule has 0 atom stereocenters. The van der Waals surface area contributed by atoms with E-state index in [1.165, 1.54) is 12.8 Å². The quantitative estimate of drug-likeness (QED) is 0.444. The molecule has 3 aliphatic rings. The first-order valence-electron chi connectivity index (χ1n) is 13.1. The average molecular weight is 505 g/mol. The minimum Gasteiger partial charge on any atom is -0.493 e. The van der Waals surface area contributed by atoms with Gasteiger partial charge in [-0.1, -0.05) is 0 Å². The zero-order valence-electron chi connectivity index (χ0n) is 21.2. The highest BCUT2D eigenvalue weighted by Gasteiger charge is 2.30. The van der Waals surface area contributed by atoms with Crippen LogP contribution in [0.15, 0.2) is 24.4 Å². The molecule has 0 spiro atoms. The second-order valence-electron chi connectivity index (χ2n) is 10.4. The van der Waals surface area contributed by atoms with Crippen LogP contribution in [0.25, 0.3) is 22.2 Å². The first-order valence-corrected chi connectivity index (χ1v) is 13.1. The van der Waals surface area contributed by atoms with Crippen LogP contribution in [0.2, 0.25) is 0 Å². The number of benzene rings is 1. The molecule has 0 saturated heterocycles. The van der Waals surface area contributed by atoms with Crippen molar-refractivity contribution in [2.24, 2.45) is 5.92 Å². The number of aromatic amines is 1. The molecule has 1 aliphatic heterocycles. The summed E-state index contributed by atoms with van der Waals surface area (Å²) in [4.78, 5) is 32.8. The van der Waals surface area contributed by atoms with E-state index >= 15 is 0 Å². The lowest BCUT2D eigenvalue weighted by atomic mass is 9.91. The van der Waals surface area contributed by atoms with Gasteiger partial charge in [0.2, 0.25) is 12.7 Å². The van der Waals surface area contributed by atoms with Crippen LogP contribution in [0.4, 0.5) is 0 Å². The number of hydrogen-bond donors (Lipinski definition) is 3. The van der Waals surface area contributed by atoms with E-state index in [0.717, 1.165) is 53.8 Å². The van der Waals surface area contributed by atoms with E-state index in [4.69, 9.17) is 14.2 Å². The molecule has 2 fully saturated rings. The number of rotatable bonds is 7. The summed E-state index contributed by atoms with van der Waals surface area (Å²) in [7, 11) is 0. The summed E-state index contributed by atoms with van der Waals surface area (Å²) in [6.45, 7) is 4.26. The molecule has 37 heavy (non-hydrogen) atoms. The number of carbonyl (C=O) groups is 2. The molecule has 3 heterocycles. The monoisotopic (exact) mass is 504 g/mol. The Morgan fingerprint density at radius 2 is 1.81 bits per heavy atom. The largest absolute Gasteiger partial charge is 0.493 e. The third kappa shape index (κ3) is 4.70. The van der Waals surface area contributed by atoms with Gasteiger partial charge in [-0.25, -0.2) is 0 Å². The fourth-order valence-electron chi connectivity index (χ4n) is 5.44. The van der Waals surface area contributed by atoms with Crippen LogP contribution in [0.3, 0.4) is 0 Å². The first kappa shape index (κ1) is 23.6. The maximum absolute atomic E-state index is 13.4. The van der Waals surface area contributed by atoms with Crippen LogP contribution in [0.1, 0.15) is 61.5 Å². The molecular formula is C28H32N4O5. The Kier molecular flexibility index (Phi) is 6.14. The SMILES string of the molecule is CC(=O)N[C@H]1CC[C@@H](NC(=O)c2c(C)[nH]c3c(-c4c(OCC5CC5)ccc5c4OCO5)ccnc23)CC1. The average Bonchev–Trinajstić information content (AvgIpc) is 3.46. The Morgan fingerprint density at radius 3 is 2.54 bits per heavy atom. The molecule has 0 bridgehead atoms. The van der Waals surface area contributed by atoms with Crippen LogP contribution in [-0.2, 0) is 4.79 Å². The number of ether oxygens (including phenoxy) is 3. The lowest BCUT2D eigenvalue weighted by molar-refractivity contribution is -0.119. The van der Waals surface area contributed by atoms with Crippen molar-refractivity contribution >= 4 is 22.8 Å². The van der Waals surface area contributed by atoms with E-state index in [1.54, 1.807) is 13.1 Å². The second-order valence-corrected chi connectivity index (χ2v) is 10.4. The van der Waals surface area contributed by atoms with E-state index in [-0.39, 0.29) is 30.7 Å². The molecule has 9 heteroatoms. The number of H-pyrrole nitrogens is 1. The lowest BCUT2D eigenvalue weighted by Crippen LogP contribution is -2.43. The Hall–Kier alpha value is -3.75. The third-order valence-corrected chi connectivity index (χ3v) is 7.51. The topological polar surface area (TPSA) is 115 Å². The highest BCUT2D eigenvalue weighted by atomic mass is 16.7. The minimum atomic E-state index is -0.139. The fourth-order valence-corrected chi connectivity index (χ4v) is 5.44. The number of fused-ring (bicyclic) bond motifs is 2. The smallest absolute Gasteiger partial charge is 0.255 e. The van der Waals surface area contributed by atoms with Gasteiger partial charge in [-0.05, 0) is 69.6 Å². The van der Waals surface area contributed by atoms with Crippen LogP contribution < -0.4 is 24.8 Å². The maximum Gasteiger partial charge on any atom is 0.255 e. The molecule has 2 saturated carbocycles. The van der Waals surface area contributed by atoms with Gasteiger partial charge in [-0.3, -0.25) is 14.6 Å². The molecule has 0 radical (unpaired) electrons. The Labute approximate surface area is 215 Å². The standard InChI is InChI=1S/C28H32N4O5/c1-15-23(28(34)32-19-7-5-18(6-8-19)31-16(2)33)26-25(30-15)20(11-12-29-26)24-21(35-13-17-3-4-17)9-10-22-27(24)37-14-36-22/h9-12,17-19,30H,3-8,13-14H2,1-2H3,(H,31,33)(H,32,34)/t18-,19+. The number of hydrogen-bond acceptors (Lipinski definition) is 6. The van der Waals surface area contributed by atoms with Crippen LogP contribution in [0.5, 0.6) is 17.2 Å². The normalized spacial score (nSPS) is 20.6. The number of carbonyl (C=O) groups excluding carboxylic acids is 2. The van der Waals surface area contributed by atoms with Crippen molar-refractivity contribution in [2.75, 3.05) is 13.4 Å². The molecular weight excluding hydrogens is 472 g/mol. The molecule has 194 valence electrons. The third-order valence-electron chi connectivity index (χ3n) is 7.51. The van der Waals surface area contributed by atoms with Crippen molar-refractivity contribution in [3.8, 4) is 28.4 Å². The van der Waals surface area contributed by atoms with E-state index in [1.807, 2.05) is 25.1 Å². The molecule has 2 amide bonds. The van der Waals surface area contributed by atoms with E-state index < -0.39 is 0 Å². The number of pyridine rings is 1.